The van der Waals surface area contributed by atoms with E-state index in [4.69, 9.17) is 0 Å². The summed E-state index contributed by atoms with van der Waals surface area (Å²) >= 11 is 0. The summed E-state index contributed by atoms with van der Waals surface area (Å²) in [4.78, 5) is 43.2. The van der Waals surface area contributed by atoms with E-state index in [1.807, 2.05) is 24.3 Å². The molecule has 0 unspecified atom stereocenters. The first-order valence-electron chi connectivity index (χ1n) is 12.3. The maximum atomic E-state index is 13.6. The topological polar surface area (TPSA) is 88.9 Å². The fraction of sp³-hybridized carbons (Fsp3) is 0.241. The standard InChI is InChI=1S/C29H25F2N5O2/c1-29(30,31)26-15-20(12-13-32-26)23-8-4-19(16-33-23)5-10-25(37)24-9-6-21(17-34-24)22-7-11-27(35-18-22)36-14-2-3-28(36)38/h4,6-9,11-13,15-18H,2-3,5,10,14H2,1H3. The van der Waals surface area contributed by atoms with Crippen LogP contribution in [0.2, 0.25) is 0 Å². The summed E-state index contributed by atoms with van der Waals surface area (Å²) in [5.41, 5.74) is 3.71. The summed E-state index contributed by atoms with van der Waals surface area (Å²) in [5, 5.41) is 0. The maximum absolute atomic E-state index is 13.6. The van der Waals surface area contributed by atoms with Gasteiger partial charge in [-0.1, -0.05) is 12.1 Å². The highest BCUT2D eigenvalue weighted by Gasteiger charge is 2.26. The predicted octanol–water partition coefficient (Wildman–Crippen LogP) is 5.65. The van der Waals surface area contributed by atoms with Gasteiger partial charge < -0.3 is 0 Å². The van der Waals surface area contributed by atoms with Crippen LogP contribution in [0, 0.1) is 0 Å². The van der Waals surface area contributed by atoms with Crippen LogP contribution < -0.4 is 4.90 Å². The molecule has 7 nitrogen and oxygen atoms in total. The lowest BCUT2D eigenvalue weighted by Crippen LogP contribution is -2.24. The van der Waals surface area contributed by atoms with E-state index in [2.05, 4.69) is 19.9 Å². The number of carbonyl (C=O) groups is 2. The Morgan fingerprint density at radius 2 is 1.71 bits per heavy atom. The van der Waals surface area contributed by atoms with Crippen LogP contribution in [0.15, 0.2) is 73.3 Å². The van der Waals surface area contributed by atoms with Crippen molar-refractivity contribution in [2.45, 2.75) is 38.5 Å². The number of Topliss-reactive ketones (excluding diaryl/α,β-unsaturated/α-hetero) is 1. The predicted molar refractivity (Wildman–Crippen MR) is 139 cm³/mol. The SMILES string of the molecule is CC(F)(F)c1cc(-c2ccc(CCC(=O)c3ccc(-c4ccc(N5CCCC5=O)nc4)cn3)cn2)ccn1. The van der Waals surface area contributed by atoms with Crippen molar-refractivity contribution in [1.29, 1.82) is 0 Å². The molecule has 1 saturated heterocycles. The number of halogens is 2. The Balaban J connectivity index is 1.18. The molecular weight excluding hydrogens is 488 g/mol. The number of hydrogen-bond acceptors (Lipinski definition) is 6. The normalized spacial score (nSPS) is 13.7. The van der Waals surface area contributed by atoms with E-state index >= 15 is 0 Å². The highest BCUT2D eigenvalue weighted by Crippen LogP contribution is 2.28. The molecule has 0 N–H and O–H groups in total. The first-order valence-corrected chi connectivity index (χ1v) is 12.3. The minimum atomic E-state index is -3.03. The van der Waals surface area contributed by atoms with Crippen molar-refractivity contribution < 1.29 is 18.4 Å². The second-order valence-corrected chi connectivity index (χ2v) is 9.28. The molecule has 0 aliphatic carbocycles. The van der Waals surface area contributed by atoms with Gasteiger partial charge in [-0.15, -0.1) is 0 Å². The molecule has 1 amide bonds. The number of carbonyl (C=O) groups excluding carboxylic acids is 2. The number of rotatable bonds is 8. The van der Waals surface area contributed by atoms with E-state index in [0.717, 1.165) is 30.0 Å². The molecule has 0 saturated carbocycles. The zero-order valence-corrected chi connectivity index (χ0v) is 20.8. The van der Waals surface area contributed by atoms with Gasteiger partial charge in [0.15, 0.2) is 5.78 Å². The van der Waals surface area contributed by atoms with Crippen molar-refractivity contribution in [3.05, 3.63) is 90.3 Å². The van der Waals surface area contributed by atoms with Gasteiger partial charge in [0.1, 0.15) is 17.2 Å². The Bertz CT molecular complexity index is 1450. The molecule has 1 aliphatic heterocycles. The smallest absolute Gasteiger partial charge is 0.286 e. The average molecular weight is 514 g/mol. The number of amides is 1. The third kappa shape index (κ3) is 5.61. The molecule has 0 aromatic carbocycles. The van der Waals surface area contributed by atoms with Gasteiger partial charge in [-0.3, -0.25) is 29.4 Å². The fourth-order valence-corrected chi connectivity index (χ4v) is 4.30. The van der Waals surface area contributed by atoms with Crippen LogP contribution in [0.25, 0.3) is 22.4 Å². The van der Waals surface area contributed by atoms with Gasteiger partial charge in [-0.25, -0.2) is 4.98 Å². The van der Waals surface area contributed by atoms with E-state index in [1.54, 1.807) is 41.7 Å². The largest absolute Gasteiger partial charge is 0.297 e. The van der Waals surface area contributed by atoms with E-state index < -0.39 is 5.92 Å². The molecule has 5 heterocycles. The summed E-state index contributed by atoms with van der Waals surface area (Å²) in [7, 11) is 0. The van der Waals surface area contributed by atoms with Crippen molar-refractivity contribution in [1.82, 2.24) is 19.9 Å². The Morgan fingerprint density at radius 3 is 2.32 bits per heavy atom. The monoisotopic (exact) mass is 513 g/mol. The first-order chi connectivity index (χ1) is 18.3. The highest BCUT2D eigenvalue weighted by atomic mass is 19.3. The van der Waals surface area contributed by atoms with Gasteiger partial charge in [0.2, 0.25) is 5.91 Å². The number of nitrogens with zero attached hydrogens (tertiary/aromatic N) is 5. The summed E-state index contributed by atoms with van der Waals surface area (Å²) in [6.45, 7) is 1.50. The molecule has 192 valence electrons. The Morgan fingerprint density at radius 1 is 0.921 bits per heavy atom. The lowest BCUT2D eigenvalue weighted by Gasteiger charge is -2.14. The van der Waals surface area contributed by atoms with Crippen molar-refractivity contribution >= 4 is 17.5 Å². The van der Waals surface area contributed by atoms with Crippen LogP contribution in [0.1, 0.15) is 47.9 Å². The van der Waals surface area contributed by atoms with Gasteiger partial charge in [-0.2, -0.15) is 8.78 Å². The molecule has 4 aromatic rings. The maximum Gasteiger partial charge on any atom is 0.286 e. The second-order valence-electron chi connectivity index (χ2n) is 9.28. The third-order valence-electron chi connectivity index (χ3n) is 6.45. The van der Waals surface area contributed by atoms with Crippen molar-refractivity contribution in [3.63, 3.8) is 0 Å². The quantitative estimate of drug-likeness (QED) is 0.283. The number of pyridine rings is 4. The van der Waals surface area contributed by atoms with E-state index in [0.29, 0.717) is 42.2 Å². The lowest BCUT2D eigenvalue weighted by atomic mass is 10.0. The minimum Gasteiger partial charge on any atom is -0.297 e. The zero-order valence-electron chi connectivity index (χ0n) is 20.8. The van der Waals surface area contributed by atoms with E-state index in [1.165, 1.54) is 12.3 Å². The summed E-state index contributed by atoms with van der Waals surface area (Å²) < 4.78 is 27.2. The molecule has 1 aliphatic rings. The van der Waals surface area contributed by atoms with E-state index in [-0.39, 0.29) is 23.8 Å². The molecule has 4 aromatic heterocycles. The van der Waals surface area contributed by atoms with E-state index in [9.17, 15) is 18.4 Å². The molecule has 0 spiro atoms. The summed E-state index contributed by atoms with van der Waals surface area (Å²) in [6.07, 6.45) is 8.48. The van der Waals surface area contributed by atoms with Gasteiger partial charge >= 0.3 is 0 Å². The fourth-order valence-electron chi connectivity index (χ4n) is 4.30. The Labute approximate surface area is 218 Å². The molecule has 1 fully saturated rings. The number of anilines is 1. The van der Waals surface area contributed by atoms with Gasteiger partial charge in [0.25, 0.3) is 5.92 Å². The molecular formula is C29H25F2N5O2. The van der Waals surface area contributed by atoms with Crippen molar-refractivity contribution in [2.75, 3.05) is 11.4 Å². The van der Waals surface area contributed by atoms with Crippen LogP contribution in [0.4, 0.5) is 14.6 Å². The van der Waals surface area contributed by atoms with Crippen LogP contribution in [0.3, 0.4) is 0 Å². The molecule has 38 heavy (non-hydrogen) atoms. The Hall–Kier alpha value is -4.40. The van der Waals surface area contributed by atoms with Crippen LogP contribution >= 0.6 is 0 Å². The van der Waals surface area contributed by atoms with Gasteiger partial charge in [0.05, 0.1) is 5.69 Å². The molecule has 0 radical (unpaired) electrons. The number of aryl methyl sites for hydroxylation is 1. The van der Waals surface area contributed by atoms with Gasteiger partial charge in [-0.05, 0) is 54.8 Å². The van der Waals surface area contributed by atoms with Crippen molar-refractivity contribution in [3.8, 4) is 22.4 Å². The molecule has 9 heteroatoms. The number of alkyl halides is 2. The Kier molecular flexibility index (Phi) is 7.00. The number of ketones is 1. The minimum absolute atomic E-state index is 0.0909. The van der Waals surface area contributed by atoms with Crippen molar-refractivity contribution in [2.24, 2.45) is 0 Å². The average Bonchev–Trinajstić information content (AvgIpc) is 3.37. The number of aromatic nitrogens is 4. The molecule has 0 bridgehead atoms. The summed E-state index contributed by atoms with van der Waals surface area (Å²) in [6, 6.07) is 13.8. The highest BCUT2D eigenvalue weighted by molar-refractivity contribution is 5.95. The van der Waals surface area contributed by atoms with Crippen LogP contribution in [0.5, 0.6) is 0 Å². The molecule has 0 atom stereocenters. The third-order valence-corrected chi connectivity index (χ3v) is 6.45. The van der Waals surface area contributed by atoms with Crippen LogP contribution in [-0.2, 0) is 17.1 Å². The van der Waals surface area contributed by atoms with Crippen LogP contribution in [-0.4, -0.2) is 38.2 Å². The zero-order chi connectivity index (χ0) is 26.7. The van der Waals surface area contributed by atoms with Gasteiger partial charge in [0, 0.05) is 67.8 Å². The second kappa shape index (κ2) is 10.5. The lowest BCUT2D eigenvalue weighted by molar-refractivity contribution is -0.117. The first kappa shape index (κ1) is 25.3. The molecule has 5 rings (SSSR count). The summed E-state index contributed by atoms with van der Waals surface area (Å²) in [5.74, 6) is -2.38. The number of hydrogen-bond donors (Lipinski definition) is 0.